The van der Waals surface area contributed by atoms with E-state index in [1.54, 1.807) is 25.3 Å². The number of likely N-dealkylation sites (tertiary alicyclic amines) is 1. The van der Waals surface area contributed by atoms with E-state index < -0.39 is 17.7 Å². The summed E-state index contributed by atoms with van der Waals surface area (Å²) in [7, 11) is 3.07. The fraction of sp³-hybridized carbons (Fsp3) is 0.304. The van der Waals surface area contributed by atoms with Gasteiger partial charge in [0.1, 0.15) is 11.5 Å². The highest BCUT2D eigenvalue weighted by atomic mass is 35.5. The van der Waals surface area contributed by atoms with E-state index >= 15 is 0 Å². The van der Waals surface area contributed by atoms with E-state index in [1.807, 2.05) is 31.2 Å². The molecule has 0 spiro atoms. The molecule has 1 fully saturated rings. The number of amides is 1. The van der Waals surface area contributed by atoms with Crippen molar-refractivity contribution in [1.82, 2.24) is 4.90 Å². The molecule has 1 heterocycles. The molecule has 3 rings (SSSR count). The predicted molar refractivity (Wildman–Crippen MR) is 115 cm³/mol. The number of Topliss-reactive ketones (excluding diaryl/α,β-unsaturated/α-hetero) is 1. The fourth-order valence-electron chi connectivity index (χ4n) is 3.63. The van der Waals surface area contributed by atoms with Crippen LogP contribution in [-0.2, 0) is 14.3 Å². The van der Waals surface area contributed by atoms with Crippen LogP contribution in [0, 0.1) is 6.92 Å². The van der Waals surface area contributed by atoms with Crippen LogP contribution in [-0.4, -0.2) is 49.1 Å². The average Bonchev–Trinajstić information content (AvgIpc) is 2.99. The summed E-state index contributed by atoms with van der Waals surface area (Å²) >= 11 is 6.29. The van der Waals surface area contributed by atoms with Crippen molar-refractivity contribution in [1.29, 1.82) is 0 Å². The summed E-state index contributed by atoms with van der Waals surface area (Å²) in [5.41, 5.74) is 1.98. The van der Waals surface area contributed by atoms with Crippen LogP contribution < -0.4 is 4.74 Å². The van der Waals surface area contributed by atoms with Crippen LogP contribution in [0.1, 0.15) is 29.2 Å². The van der Waals surface area contributed by atoms with E-state index in [9.17, 15) is 14.7 Å². The summed E-state index contributed by atoms with van der Waals surface area (Å²) in [6.07, 6.45) is 0.561. The van der Waals surface area contributed by atoms with Gasteiger partial charge in [-0.2, -0.15) is 0 Å². The topological polar surface area (TPSA) is 76.1 Å². The van der Waals surface area contributed by atoms with Crippen LogP contribution in [0.3, 0.4) is 0 Å². The zero-order valence-electron chi connectivity index (χ0n) is 17.1. The van der Waals surface area contributed by atoms with Crippen molar-refractivity contribution in [3.05, 3.63) is 69.8 Å². The van der Waals surface area contributed by atoms with Crippen LogP contribution in [0.4, 0.5) is 0 Å². The maximum atomic E-state index is 13.0. The molecular weight excluding hydrogens is 406 g/mol. The van der Waals surface area contributed by atoms with Gasteiger partial charge in [0.2, 0.25) is 0 Å². The van der Waals surface area contributed by atoms with Crippen LogP contribution >= 0.6 is 11.6 Å². The number of carbonyl (C=O) groups is 2. The first-order valence-electron chi connectivity index (χ1n) is 9.56. The van der Waals surface area contributed by atoms with Gasteiger partial charge in [0.25, 0.3) is 11.7 Å². The minimum atomic E-state index is -0.740. The largest absolute Gasteiger partial charge is 0.507 e. The van der Waals surface area contributed by atoms with Crippen LogP contribution in [0.2, 0.25) is 5.02 Å². The summed E-state index contributed by atoms with van der Waals surface area (Å²) < 4.78 is 10.3. The van der Waals surface area contributed by atoms with Gasteiger partial charge < -0.3 is 19.5 Å². The lowest BCUT2D eigenvalue weighted by Crippen LogP contribution is -2.31. The van der Waals surface area contributed by atoms with Gasteiger partial charge in [0.15, 0.2) is 0 Å². The van der Waals surface area contributed by atoms with Gasteiger partial charge in [-0.05, 0) is 37.1 Å². The Balaban J connectivity index is 2.18. The number of hydrogen-bond donors (Lipinski definition) is 1. The first kappa shape index (κ1) is 21.9. The summed E-state index contributed by atoms with van der Waals surface area (Å²) in [6.45, 7) is 2.70. The molecular formula is C23H24ClNO5. The second-order valence-electron chi connectivity index (χ2n) is 7.10. The molecule has 0 aliphatic carbocycles. The van der Waals surface area contributed by atoms with E-state index in [-0.39, 0.29) is 21.9 Å². The van der Waals surface area contributed by atoms with Crippen molar-refractivity contribution in [3.63, 3.8) is 0 Å². The normalized spacial score (nSPS) is 18.1. The zero-order valence-corrected chi connectivity index (χ0v) is 17.9. The summed E-state index contributed by atoms with van der Waals surface area (Å²) in [5.74, 6) is -1.24. The molecule has 1 amide bonds. The number of ketones is 1. The van der Waals surface area contributed by atoms with Crippen LogP contribution in [0.25, 0.3) is 5.76 Å². The van der Waals surface area contributed by atoms with Gasteiger partial charge in [-0.1, -0.05) is 41.4 Å². The predicted octanol–water partition coefficient (Wildman–Crippen LogP) is 4.12. The number of rotatable bonds is 7. The third-order valence-corrected chi connectivity index (χ3v) is 5.40. The second kappa shape index (κ2) is 9.32. The standard InChI is InChI=1S/C23H24ClNO5/c1-14-6-4-7-15(12-14)20-19(22(27)23(28)25(20)10-5-11-29-2)21(26)17-13-16(30-3)8-9-18(17)24/h4,6-9,12-13,20,26H,5,10-11H2,1-3H3/b21-19+. The average molecular weight is 430 g/mol. The quantitative estimate of drug-likeness (QED) is 0.310. The summed E-state index contributed by atoms with van der Waals surface area (Å²) in [4.78, 5) is 27.3. The first-order chi connectivity index (χ1) is 14.4. The number of ether oxygens (including phenoxy) is 2. The van der Waals surface area contributed by atoms with Crippen molar-refractivity contribution >= 4 is 29.1 Å². The van der Waals surface area contributed by atoms with Crippen molar-refractivity contribution in [3.8, 4) is 5.75 Å². The molecule has 2 aromatic carbocycles. The molecule has 6 nitrogen and oxygen atoms in total. The molecule has 1 unspecified atom stereocenters. The maximum absolute atomic E-state index is 13.0. The Morgan fingerprint density at radius 1 is 1.17 bits per heavy atom. The number of hydrogen-bond acceptors (Lipinski definition) is 5. The Labute approximate surface area is 180 Å². The Morgan fingerprint density at radius 2 is 1.93 bits per heavy atom. The number of aliphatic hydroxyl groups is 1. The molecule has 1 N–H and O–H groups in total. The number of aryl methyl sites for hydroxylation is 1. The maximum Gasteiger partial charge on any atom is 0.295 e. The van der Waals surface area contributed by atoms with Gasteiger partial charge >= 0.3 is 0 Å². The molecule has 2 aromatic rings. The van der Waals surface area contributed by atoms with Crippen molar-refractivity contribution < 1.29 is 24.2 Å². The molecule has 7 heteroatoms. The van der Waals surface area contributed by atoms with E-state index in [2.05, 4.69) is 0 Å². The molecule has 0 aromatic heterocycles. The molecule has 1 atom stereocenters. The minimum absolute atomic E-state index is 0.0122. The summed E-state index contributed by atoms with van der Waals surface area (Å²) in [6, 6.07) is 11.6. The minimum Gasteiger partial charge on any atom is -0.507 e. The first-order valence-corrected chi connectivity index (χ1v) is 9.94. The van der Waals surface area contributed by atoms with Crippen molar-refractivity contribution in [2.24, 2.45) is 0 Å². The number of halogens is 1. The highest BCUT2D eigenvalue weighted by Crippen LogP contribution is 2.41. The number of carbonyl (C=O) groups excluding carboxylic acids is 2. The Morgan fingerprint density at radius 3 is 2.60 bits per heavy atom. The lowest BCUT2D eigenvalue weighted by atomic mass is 9.94. The van der Waals surface area contributed by atoms with Crippen molar-refractivity contribution in [2.75, 3.05) is 27.4 Å². The Kier molecular flexibility index (Phi) is 6.80. The SMILES string of the molecule is COCCCN1C(=O)C(=O)/C(=C(/O)c2cc(OC)ccc2Cl)C1c1cccc(C)c1. The van der Waals surface area contributed by atoms with Gasteiger partial charge in [0.05, 0.1) is 23.7 Å². The Hall–Kier alpha value is -2.83. The van der Waals surface area contributed by atoms with E-state index in [1.165, 1.54) is 12.0 Å². The molecule has 158 valence electrons. The third-order valence-electron chi connectivity index (χ3n) is 5.07. The smallest absolute Gasteiger partial charge is 0.295 e. The molecule has 1 aliphatic heterocycles. The van der Waals surface area contributed by atoms with Gasteiger partial charge in [-0.3, -0.25) is 9.59 Å². The van der Waals surface area contributed by atoms with Crippen molar-refractivity contribution in [2.45, 2.75) is 19.4 Å². The number of methoxy groups -OCH3 is 2. The lowest BCUT2D eigenvalue weighted by molar-refractivity contribution is -0.140. The third kappa shape index (κ3) is 4.20. The number of benzene rings is 2. The second-order valence-corrected chi connectivity index (χ2v) is 7.51. The highest BCUT2D eigenvalue weighted by molar-refractivity contribution is 6.47. The molecule has 0 radical (unpaired) electrons. The fourth-order valence-corrected chi connectivity index (χ4v) is 3.84. The summed E-state index contributed by atoms with van der Waals surface area (Å²) in [5, 5.41) is 11.4. The monoisotopic (exact) mass is 429 g/mol. The van der Waals surface area contributed by atoms with E-state index in [0.717, 1.165) is 11.1 Å². The molecule has 1 aliphatic rings. The van der Waals surface area contributed by atoms with Gasteiger partial charge in [-0.25, -0.2) is 0 Å². The molecule has 30 heavy (non-hydrogen) atoms. The zero-order chi connectivity index (χ0) is 21.8. The van der Waals surface area contributed by atoms with Crippen LogP contribution in [0.15, 0.2) is 48.0 Å². The molecule has 0 bridgehead atoms. The van der Waals surface area contributed by atoms with E-state index in [0.29, 0.717) is 25.3 Å². The highest BCUT2D eigenvalue weighted by Gasteiger charge is 2.46. The Bertz CT molecular complexity index is 1000. The molecule has 0 saturated carbocycles. The number of aliphatic hydroxyl groups excluding tert-OH is 1. The lowest BCUT2D eigenvalue weighted by Gasteiger charge is -2.25. The molecule has 1 saturated heterocycles. The van der Waals surface area contributed by atoms with Crippen LogP contribution in [0.5, 0.6) is 5.75 Å². The van der Waals surface area contributed by atoms with E-state index in [4.69, 9.17) is 21.1 Å². The van der Waals surface area contributed by atoms with Gasteiger partial charge in [-0.15, -0.1) is 0 Å². The number of nitrogens with zero attached hydrogens (tertiary/aromatic N) is 1. The van der Waals surface area contributed by atoms with Gasteiger partial charge in [0, 0.05) is 25.8 Å².